The molecule has 3 atom stereocenters. The number of nitrogens with zero attached hydrogens (tertiary/aromatic N) is 1. The Morgan fingerprint density at radius 3 is 2.55 bits per heavy atom. The first kappa shape index (κ1) is 16.8. The molecule has 0 heterocycles. The molecule has 113 valence electrons. The Hall–Kier alpha value is 0.439. The number of aliphatic hydroxyl groups is 1. The van der Waals surface area contributed by atoms with Crippen molar-refractivity contribution in [3.05, 3.63) is 30.0 Å². The second-order valence-electron chi connectivity index (χ2n) is 6.20. The topological polar surface area (TPSA) is 23.5 Å². The molecule has 0 aliphatic heterocycles. The molecule has 2 rings (SSSR count). The van der Waals surface area contributed by atoms with Crippen LogP contribution in [-0.2, 0) is 0 Å². The van der Waals surface area contributed by atoms with Gasteiger partial charge < -0.3 is 0 Å². The summed E-state index contributed by atoms with van der Waals surface area (Å²) in [6.45, 7) is 2.27. The van der Waals surface area contributed by atoms with Gasteiger partial charge in [-0.15, -0.1) is 0 Å². The van der Waals surface area contributed by atoms with E-state index in [0.717, 1.165) is 6.42 Å². The second-order valence-corrected chi connectivity index (χ2v) is 8.89. The Bertz CT molecular complexity index is 284. The monoisotopic (exact) mass is 342 g/mol. The average molecular weight is 341 g/mol. The first-order valence-corrected chi connectivity index (χ1v) is 9.71. The van der Waals surface area contributed by atoms with Crippen LogP contribution in [0.2, 0.25) is 4.82 Å². The molecular formula is C17H28NOSe. The summed E-state index contributed by atoms with van der Waals surface area (Å²) in [5, 5.41) is 10.4. The van der Waals surface area contributed by atoms with Crippen molar-refractivity contribution in [1.29, 1.82) is 0 Å². The summed E-state index contributed by atoms with van der Waals surface area (Å²) < 4.78 is 0. The van der Waals surface area contributed by atoms with E-state index in [4.69, 9.17) is 0 Å². The van der Waals surface area contributed by atoms with Gasteiger partial charge in [-0.05, 0) is 0 Å². The Kier molecular flexibility index (Phi) is 6.87. The van der Waals surface area contributed by atoms with Gasteiger partial charge in [-0.25, -0.2) is 0 Å². The Balaban J connectivity index is 1.92. The van der Waals surface area contributed by atoms with Crippen molar-refractivity contribution < 1.29 is 5.11 Å². The van der Waals surface area contributed by atoms with Gasteiger partial charge in [-0.1, -0.05) is 0 Å². The van der Waals surface area contributed by atoms with Crippen LogP contribution in [0.1, 0.15) is 45.4 Å². The molecule has 2 aliphatic rings. The van der Waals surface area contributed by atoms with Gasteiger partial charge in [0, 0.05) is 0 Å². The molecule has 2 fully saturated rings. The standard InChI is InChI=1S/C17H28NOSe/c1-13(18(2)3)14-9-8-12-16(14)20-17-11-7-5-4-6-10-15(17)19/h8-9,12-13,15,17,19H,4-7,10-11H2,1-3H3/t13-,15+,17+/m0/s1. The van der Waals surface area contributed by atoms with Gasteiger partial charge in [0.05, 0.1) is 0 Å². The van der Waals surface area contributed by atoms with Gasteiger partial charge in [0.1, 0.15) is 0 Å². The molecule has 0 aromatic heterocycles. The fourth-order valence-electron chi connectivity index (χ4n) is 2.88. The van der Waals surface area contributed by atoms with Gasteiger partial charge >= 0.3 is 131 Å². The van der Waals surface area contributed by atoms with Crippen LogP contribution in [0.3, 0.4) is 0 Å². The van der Waals surface area contributed by atoms with Crippen molar-refractivity contribution in [2.75, 3.05) is 14.1 Å². The van der Waals surface area contributed by atoms with Crippen molar-refractivity contribution >= 4 is 15.0 Å². The van der Waals surface area contributed by atoms with Gasteiger partial charge in [0.2, 0.25) is 0 Å². The third-order valence-electron chi connectivity index (χ3n) is 4.48. The zero-order chi connectivity index (χ0) is 14.5. The summed E-state index contributed by atoms with van der Waals surface area (Å²) in [7, 11) is 4.28. The fraction of sp³-hybridized carbons (Fsp3) is 0.706. The van der Waals surface area contributed by atoms with Crippen LogP contribution >= 0.6 is 0 Å². The average Bonchev–Trinajstić information content (AvgIpc) is 2.85. The zero-order valence-electron chi connectivity index (χ0n) is 13.0. The maximum atomic E-state index is 10.4. The van der Waals surface area contributed by atoms with Crippen molar-refractivity contribution in [2.45, 2.75) is 62.4 Å². The summed E-state index contributed by atoms with van der Waals surface area (Å²) in [6.07, 6.45) is 14.0. The number of hydrogen-bond acceptors (Lipinski definition) is 2. The first-order chi connectivity index (χ1) is 9.59. The summed E-state index contributed by atoms with van der Waals surface area (Å²) >= 11 is 0.403. The van der Waals surface area contributed by atoms with E-state index >= 15 is 0 Å². The Morgan fingerprint density at radius 2 is 1.85 bits per heavy atom. The zero-order valence-corrected chi connectivity index (χ0v) is 14.7. The Labute approximate surface area is 131 Å². The van der Waals surface area contributed by atoms with Gasteiger partial charge in [-0.2, -0.15) is 0 Å². The van der Waals surface area contributed by atoms with E-state index in [0.29, 0.717) is 25.8 Å². The summed E-state index contributed by atoms with van der Waals surface area (Å²) in [6, 6.07) is 0.465. The minimum absolute atomic E-state index is 0.0762. The molecule has 0 bridgehead atoms. The van der Waals surface area contributed by atoms with E-state index in [2.05, 4.69) is 45.2 Å². The van der Waals surface area contributed by atoms with E-state index in [-0.39, 0.29) is 6.10 Å². The van der Waals surface area contributed by atoms with Gasteiger partial charge in [-0.3, -0.25) is 0 Å². The first-order valence-electron chi connectivity index (χ1n) is 7.86. The molecule has 0 aromatic rings. The number of rotatable bonds is 4. The quantitative estimate of drug-likeness (QED) is 0.795. The number of hydrogen-bond donors (Lipinski definition) is 1. The molecule has 3 heteroatoms. The molecule has 0 saturated heterocycles. The molecular weight excluding hydrogens is 313 g/mol. The van der Waals surface area contributed by atoms with Crippen LogP contribution in [0, 0.1) is 30.0 Å². The SMILES string of the molecule is C[C@@H]([C]1[CH][CH][CH][C]1[Se][C@@H]1CCCCCC[C@H]1O)N(C)C. The predicted octanol–water partition coefficient (Wildman–Crippen LogP) is 2.88. The molecule has 20 heavy (non-hydrogen) atoms. The predicted molar refractivity (Wildman–Crippen MR) is 85.7 cm³/mol. The van der Waals surface area contributed by atoms with E-state index in [1.807, 2.05) is 0 Å². The molecule has 0 aromatic carbocycles. The van der Waals surface area contributed by atoms with Crippen LogP contribution in [0.4, 0.5) is 0 Å². The van der Waals surface area contributed by atoms with E-state index < -0.39 is 0 Å². The van der Waals surface area contributed by atoms with Crippen LogP contribution in [0.5, 0.6) is 0 Å². The van der Waals surface area contributed by atoms with E-state index in [1.165, 1.54) is 42.8 Å². The van der Waals surface area contributed by atoms with Crippen LogP contribution in [0.25, 0.3) is 0 Å². The summed E-state index contributed by atoms with van der Waals surface area (Å²) in [5.41, 5.74) is 0. The normalized spacial score (nSPS) is 32.2. The minimum atomic E-state index is -0.0762. The van der Waals surface area contributed by atoms with Crippen LogP contribution < -0.4 is 0 Å². The summed E-state index contributed by atoms with van der Waals surface area (Å²) in [5.74, 6) is 1.46. The summed E-state index contributed by atoms with van der Waals surface area (Å²) in [4.78, 5) is 4.28. The molecule has 2 aliphatic carbocycles. The van der Waals surface area contributed by atoms with Crippen molar-refractivity contribution in [3.8, 4) is 0 Å². The number of aliphatic hydroxyl groups excluding tert-OH is 1. The van der Waals surface area contributed by atoms with Crippen LogP contribution in [-0.4, -0.2) is 51.2 Å². The van der Waals surface area contributed by atoms with Crippen molar-refractivity contribution in [2.24, 2.45) is 0 Å². The molecule has 0 spiro atoms. The molecule has 0 unspecified atom stereocenters. The molecule has 5 radical (unpaired) electrons. The third-order valence-corrected chi connectivity index (χ3v) is 7.58. The van der Waals surface area contributed by atoms with E-state index in [9.17, 15) is 5.11 Å². The fourth-order valence-corrected chi connectivity index (χ4v) is 5.89. The van der Waals surface area contributed by atoms with Gasteiger partial charge in [0.15, 0.2) is 0 Å². The van der Waals surface area contributed by atoms with Crippen molar-refractivity contribution in [1.82, 2.24) is 4.90 Å². The molecule has 2 nitrogen and oxygen atoms in total. The molecule has 0 amide bonds. The third kappa shape index (κ3) is 4.47. The maximum absolute atomic E-state index is 10.4. The second kappa shape index (κ2) is 8.17. The van der Waals surface area contributed by atoms with Crippen molar-refractivity contribution in [3.63, 3.8) is 0 Å². The Morgan fingerprint density at radius 1 is 1.15 bits per heavy atom. The van der Waals surface area contributed by atoms with Gasteiger partial charge in [0.25, 0.3) is 0 Å². The molecule has 2 saturated carbocycles. The van der Waals surface area contributed by atoms with E-state index in [1.54, 1.807) is 0 Å². The van der Waals surface area contributed by atoms with Crippen LogP contribution in [0.15, 0.2) is 0 Å². The molecule has 1 N–H and O–H groups in total.